The van der Waals surface area contributed by atoms with Gasteiger partial charge in [-0.2, -0.15) is 4.57 Å². The third-order valence-corrected chi connectivity index (χ3v) is 7.14. The molecule has 0 N–H and O–H groups in total. The number of thiazole rings is 1. The number of nitrogens with zero attached hydrogens (tertiary/aromatic N) is 2. The molecule has 1 aliphatic heterocycles. The molecule has 0 fully saturated rings. The topological polar surface area (TPSA) is 34.8 Å². The van der Waals surface area contributed by atoms with E-state index in [1.54, 1.807) is 25.6 Å². The van der Waals surface area contributed by atoms with E-state index in [1.807, 2.05) is 18.2 Å². The minimum Gasteiger partial charge on any atom is -0.497 e. The van der Waals surface area contributed by atoms with Gasteiger partial charge in [-0.25, -0.2) is 0 Å². The lowest BCUT2D eigenvalue weighted by molar-refractivity contribution is -0.669. The lowest BCUT2D eigenvalue weighted by atomic mass is 10.2. The highest BCUT2D eigenvalue weighted by molar-refractivity contribution is 7.18. The fourth-order valence-corrected chi connectivity index (χ4v) is 5.39. The lowest BCUT2D eigenvalue weighted by Gasteiger charge is -2.18. The van der Waals surface area contributed by atoms with Gasteiger partial charge in [0.15, 0.2) is 12.3 Å². The smallest absolute Gasteiger partial charge is 0.263 e. The van der Waals surface area contributed by atoms with Gasteiger partial charge in [-0.15, -0.1) is 0 Å². The number of rotatable bonds is 10. The molecule has 2 aromatic carbocycles. The number of hydrogen-bond donors (Lipinski definition) is 0. The van der Waals surface area contributed by atoms with Crippen LogP contribution in [0.25, 0.3) is 16.3 Å². The fourth-order valence-electron chi connectivity index (χ4n) is 4.16. The first-order chi connectivity index (χ1) is 16.6. The molecule has 5 nitrogen and oxygen atoms in total. The number of aryl methyl sites for hydroxylation is 1. The van der Waals surface area contributed by atoms with Crippen LogP contribution < -0.4 is 23.7 Å². The number of aromatic nitrogens is 1. The minimum absolute atomic E-state index is 0.806. The second-order valence-corrected chi connectivity index (χ2v) is 9.65. The van der Waals surface area contributed by atoms with Crippen molar-refractivity contribution in [2.75, 3.05) is 25.7 Å². The van der Waals surface area contributed by atoms with Crippen LogP contribution in [0.3, 0.4) is 0 Å². The van der Waals surface area contributed by atoms with E-state index in [0.717, 1.165) is 73.2 Å². The molecule has 0 unspecified atom stereocenters. The third-order valence-electron chi connectivity index (χ3n) is 6.05. The van der Waals surface area contributed by atoms with E-state index < -0.39 is 0 Å². The standard InChI is InChI=1S/C28H35N2O3S/c1-6-8-14-29-23-12-10-21(31-4)18-25(23)33-27(29)16-20(3)17-28-30(15-9-7-2)24-13-11-22(32-5)19-26(24)34-28/h10-13,16-19H,6-9,14-15H2,1-5H3/q+1. The van der Waals surface area contributed by atoms with Crippen LogP contribution in [0.5, 0.6) is 17.2 Å². The first-order valence-corrected chi connectivity index (χ1v) is 12.9. The second kappa shape index (κ2) is 11.0. The van der Waals surface area contributed by atoms with Crippen LogP contribution in [-0.4, -0.2) is 20.8 Å². The van der Waals surface area contributed by atoms with Gasteiger partial charge in [0.1, 0.15) is 16.2 Å². The Hall–Kier alpha value is -2.99. The summed E-state index contributed by atoms with van der Waals surface area (Å²) in [4.78, 5) is 2.27. The first kappa shape index (κ1) is 24.1. The Bertz CT molecular complexity index is 1210. The van der Waals surface area contributed by atoms with Gasteiger partial charge in [-0.05, 0) is 37.1 Å². The summed E-state index contributed by atoms with van der Waals surface area (Å²) in [5.41, 5.74) is 3.51. The van der Waals surface area contributed by atoms with Crippen LogP contribution in [0, 0.1) is 0 Å². The highest BCUT2D eigenvalue weighted by atomic mass is 32.1. The van der Waals surface area contributed by atoms with Crippen molar-refractivity contribution in [2.24, 2.45) is 0 Å². The van der Waals surface area contributed by atoms with E-state index in [-0.39, 0.29) is 0 Å². The molecule has 0 aliphatic carbocycles. The van der Waals surface area contributed by atoms with Gasteiger partial charge >= 0.3 is 0 Å². The molecule has 0 amide bonds. The molecule has 0 saturated heterocycles. The Kier molecular flexibility index (Phi) is 7.78. The summed E-state index contributed by atoms with van der Waals surface area (Å²) in [7, 11) is 3.40. The van der Waals surface area contributed by atoms with Crippen LogP contribution in [0.2, 0.25) is 0 Å². The van der Waals surface area contributed by atoms with Gasteiger partial charge in [0, 0.05) is 43.3 Å². The molecule has 3 aromatic rings. The lowest BCUT2D eigenvalue weighted by Crippen LogP contribution is -2.35. The molecule has 4 rings (SSSR count). The molecular formula is C28H35N2O3S+. The predicted molar refractivity (Wildman–Crippen MR) is 141 cm³/mol. The van der Waals surface area contributed by atoms with Crippen molar-refractivity contribution in [3.8, 4) is 17.2 Å². The number of methoxy groups -OCH3 is 2. The molecule has 0 saturated carbocycles. The minimum atomic E-state index is 0.806. The zero-order valence-corrected chi connectivity index (χ0v) is 21.7. The van der Waals surface area contributed by atoms with E-state index in [1.165, 1.54) is 15.2 Å². The monoisotopic (exact) mass is 479 g/mol. The molecule has 0 atom stereocenters. The van der Waals surface area contributed by atoms with Crippen molar-refractivity contribution in [1.29, 1.82) is 0 Å². The maximum Gasteiger partial charge on any atom is 0.263 e. The molecule has 1 aromatic heterocycles. The number of benzene rings is 2. The zero-order chi connectivity index (χ0) is 24.1. The van der Waals surface area contributed by atoms with E-state index in [0.29, 0.717) is 0 Å². The highest BCUT2D eigenvalue weighted by Crippen LogP contribution is 2.41. The van der Waals surface area contributed by atoms with Gasteiger partial charge < -0.3 is 19.1 Å². The average Bonchev–Trinajstić information content (AvgIpc) is 3.36. The van der Waals surface area contributed by atoms with E-state index >= 15 is 0 Å². The Morgan fingerprint density at radius 2 is 1.76 bits per heavy atom. The molecule has 34 heavy (non-hydrogen) atoms. The quantitative estimate of drug-likeness (QED) is 0.295. The summed E-state index contributed by atoms with van der Waals surface area (Å²) in [6.45, 7) is 8.52. The van der Waals surface area contributed by atoms with Crippen molar-refractivity contribution in [3.63, 3.8) is 0 Å². The third kappa shape index (κ3) is 5.07. The fraction of sp³-hybridized carbons (Fsp3) is 0.393. The molecule has 6 heteroatoms. The van der Waals surface area contributed by atoms with Crippen molar-refractivity contribution < 1.29 is 18.8 Å². The average molecular weight is 480 g/mol. The number of unbranched alkanes of at least 4 members (excludes halogenated alkanes) is 2. The first-order valence-electron chi connectivity index (χ1n) is 12.1. The van der Waals surface area contributed by atoms with Gasteiger partial charge in [0.25, 0.3) is 5.01 Å². The Labute approximate surface area is 206 Å². The van der Waals surface area contributed by atoms with E-state index in [2.05, 4.69) is 60.6 Å². The highest BCUT2D eigenvalue weighted by Gasteiger charge is 2.27. The Morgan fingerprint density at radius 1 is 1.03 bits per heavy atom. The van der Waals surface area contributed by atoms with Crippen molar-refractivity contribution in [3.05, 3.63) is 58.9 Å². The molecule has 0 spiro atoms. The van der Waals surface area contributed by atoms with Crippen LogP contribution in [0.4, 0.5) is 5.69 Å². The zero-order valence-electron chi connectivity index (χ0n) is 20.9. The van der Waals surface area contributed by atoms with Gasteiger partial charge in [-0.1, -0.05) is 38.0 Å². The maximum atomic E-state index is 6.30. The van der Waals surface area contributed by atoms with Crippen molar-refractivity contribution in [1.82, 2.24) is 0 Å². The molecule has 180 valence electrons. The maximum absolute atomic E-state index is 6.30. The van der Waals surface area contributed by atoms with Crippen molar-refractivity contribution in [2.45, 2.75) is 53.0 Å². The second-order valence-electron chi connectivity index (χ2n) is 8.59. The summed E-state index contributed by atoms with van der Waals surface area (Å²) >= 11 is 1.80. The van der Waals surface area contributed by atoms with E-state index in [9.17, 15) is 0 Å². The largest absolute Gasteiger partial charge is 0.497 e. The number of hydrogen-bond acceptors (Lipinski definition) is 5. The molecule has 0 bridgehead atoms. The van der Waals surface area contributed by atoms with Crippen LogP contribution in [-0.2, 0) is 6.54 Å². The van der Waals surface area contributed by atoms with Crippen LogP contribution in [0.1, 0.15) is 51.5 Å². The summed E-state index contributed by atoms with van der Waals surface area (Å²) in [6, 6.07) is 12.4. The normalized spacial score (nSPS) is 14.6. The van der Waals surface area contributed by atoms with Gasteiger partial charge in [-0.3, -0.25) is 0 Å². The summed E-state index contributed by atoms with van der Waals surface area (Å²) in [5, 5.41) is 1.24. The van der Waals surface area contributed by atoms with Gasteiger partial charge in [0.05, 0.1) is 19.9 Å². The molecular weight excluding hydrogens is 444 g/mol. The summed E-state index contributed by atoms with van der Waals surface area (Å²) in [6.07, 6.45) is 8.96. The van der Waals surface area contributed by atoms with Crippen LogP contribution >= 0.6 is 11.3 Å². The number of anilines is 1. The Morgan fingerprint density at radius 3 is 2.50 bits per heavy atom. The predicted octanol–water partition coefficient (Wildman–Crippen LogP) is 6.95. The number of ether oxygens (including phenoxy) is 3. The summed E-state index contributed by atoms with van der Waals surface area (Å²) < 4.78 is 20.8. The Balaban J connectivity index is 1.70. The number of fused-ring (bicyclic) bond motifs is 2. The van der Waals surface area contributed by atoms with Crippen LogP contribution in [0.15, 0.2) is 53.9 Å². The van der Waals surface area contributed by atoms with Gasteiger partial charge in [0.2, 0.25) is 11.4 Å². The van der Waals surface area contributed by atoms with Crippen molar-refractivity contribution >= 4 is 33.3 Å². The molecule has 2 heterocycles. The number of allylic oxidation sites excluding steroid dienone is 2. The summed E-state index contributed by atoms with van der Waals surface area (Å²) in [5.74, 6) is 3.42. The molecule has 1 aliphatic rings. The molecule has 0 radical (unpaired) electrons. The van der Waals surface area contributed by atoms with E-state index in [4.69, 9.17) is 14.2 Å². The SMILES string of the molecule is CCCCN1C(=CC(C)=Cc2sc3cc(OC)ccc3[n+]2CCCC)Oc2cc(OC)ccc21.